The van der Waals surface area contributed by atoms with E-state index in [-0.39, 0.29) is 34.1 Å². The van der Waals surface area contributed by atoms with Gasteiger partial charge >= 0.3 is 0 Å². The Hall–Kier alpha value is -5.78. The van der Waals surface area contributed by atoms with Gasteiger partial charge in [0.05, 0.1) is 71.1 Å². The molecule has 0 N–H and O–H groups in total. The number of Topliss-reactive ketones (excluding diaryl/α,β-unsaturated/α-hetero) is 2. The number of aryl methyl sites for hydroxylation is 2. The van der Waals surface area contributed by atoms with Crippen LogP contribution in [0.4, 0.5) is 0 Å². The second-order valence-corrected chi connectivity index (χ2v) is 10.7. The molecule has 0 saturated heterocycles. The quantitative estimate of drug-likeness (QED) is 0.0913. The molecule has 4 aromatic rings. The van der Waals surface area contributed by atoms with Crippen LogP contribution in [0.1, 0.15) is 31.8 Å². The van der Waals surface area contributed by atoms with Crippen molar-refractivity contribution in [2.24, 2.45) is 0 Å². The summed E-state index contributed by atoms with van der Waals surface area (Å²) in [7, 11) is 15.0. The summed E-state index contributed by atoms with van der Waals surface area (Å²) in [5.41, 5.74) is 2.83. The van der Waals surface area contributed by atoms with Gasteiger partial charge < -0.3 is 47.4 Å². The second-order valence-electron chi connectivity index (χ2n) is 10.7. The Morgan fingerprint density at radius 1 is 0.400 bits per heavy atom. The van der Waals surface area contributed by atoms with Crippen molar-refractivity contribution in [2.75, 3.05) is 71.1 Å². The average Bonchev–Trinajstić information content (AvgIpc) is 3.17. The summed E-state index contributed by atoms with van der Waals surface area (Å²) in [6.45, 7) is 0. The number of hydrogen-bond acceptors (Lipinski definition) is 12. The van der Waals surface area contributed by atoms with E-state index in [1.165, 1.54) is 60.9 Å². The summed E-state index contributed by atoms with van der Waals surface area (Å²) in [4.78, 5) is 28.2. The Morgan fingerprint density at radius 3 is 1.24 bits per heavy atom. The molecule has 0 fully saturated rings. The zero-order valence-corrected chi connectivity index (χ0v) is 29.9. The maximum Gasteiger partial charge on any atom is 0.234 e. The standard InChI is InChI=1S/C38H42O12/c1-41-27-15-22(12-11-21-13-31(45-5)37(49-9)32(14-21)46-6)24(18-28(27)42-2)25-19-29(43-3)30(44-4)20-26(25)36(40)35(39)23-16-33(47-7)38(50-10)34(17-23)48-8/h13-20H,11-12H2,1-10H3. The number of hydrogen-bond donors (Lipinski definition) is 0. The van der Waals surface area contributed by atoms with Gasteiger partial charge in [-0.25, -0.2) is 0 Å². The third-order valence-corrected chi connectivity index (χ3v) is 8.21. The number of ether oxygens (including phenoxy) is 10. The monoisotopic (exact) mass is 690 g/mol. The molecule has 4 aromatic carbocycles. The van der Waals surface area contributed by atoms with Crippen LogP contribution in [0.15, 0.2) is 48.5 Å². The van der Waals surface area contributed by atoms with Crippen LogP contribution < -0.4 is 47.4 Å². The normalized spacial score (nSPS) is 10.5. The molecule has 0 saturated carbocycles. The van der Waals surface area contributed by atoms with Gasteiger partial charge in [-0.3, -0.25) is 9.59 Å². The molecule has 50 heavy (non-hydrogen) atoms. The Labute approximate surface area is 291 Å². The fourth-order valence-corrected chi connectivity index (χ4v) is 5.69. The summed E-state index contributed by atoms with van der Waals surface area (Å²) in [6, 6.07) is 13.4. The van der Waals surface area contributed by atoms with Gasteiger partial charge in [-0.15, -0.1) is 0 Å². The van der Waals surface area contributed by atoms with Crippen LogP contribution in [0.2, 0.25) is 0 Å². The maximum absolute atomic E-state index is 14.3. The molecule has 0 aliphatic heterocycles. The summed E-state index contributed by atoms with van der Waals surface area (Å²) >= 11 is 0. The number of benzene rings is 4. The first-order valence-electron chi connectivity index (χ1n) is 15.4. The minimum absolute atomic E-state index is 0.0418. The molecule has 0 radical (unpaired) electrons. The Morgan fingerprint density at radius 2 is 0.800 bits per heavy atom. The molecule has 4 rings (SSSR count). The third-order valence-electron chi connectivity index (χ3n) is 8.21. The van der Waals surface area contributed by atoms with E-state index in [0.29, 0.717) is 58.5 Å². The van der Waals surface area contributed by atoms with Crippen molar-refractivity contribution in [3.8, 4) is 68.6 Å². The smallest absolute Gasteiger partial charge is 0.234 e. The van der Waals surface area contributed by atoms with Crippen molar-refractivity contribution in [3.05, 3.63) is 70.8 Å². The highest BCUT2D eigenvalue weighted by Gasteiger charge is 2.28. The van der Waals surface area contributed by atoms with Gasteiger partial charge in [0.1, 0.15) is 0 Å². The van der Waals surface area contributed by atoms with Gasteiger partial charge in [0.2, 0.25) is 23.1 Å². The van der Waals surface area contributed by atoms with E-state index in [2.05, 4.69) is 0 Å². The molecule has 0 spiro atoms. The van der Waals surface area contributed by atoms with Crippen molar-refractivity contribution in [2.45, 2.75) is 12.8 Å². The largest absolute Gasteiger partial charge is 0.493 e. The molecule has 0 aliphatic carbocycles. The molecule has 0 bridgehead atoms. The van der Waals surface area contributed by atoms with Gasteiger partial charge in [0.25, 0.3) is 0 Å². The summed E-state index contributed by atoms with van der Waals surface area (Å²) in [6.07, 6.45) is 0.997. The van der Waals surface area contributed by atoms with Crippen LogP contribution in [0, 0.1) is 0 Å². The highest BCUT2D eigenvalue weighted by Crippen LogP contribution is 2.44. The summed E-state index contributed by atoms with van der Waals surface area (Å²) in [5, 5.41) is 0. The fourth-order valence-electron chi connectivity index (χ4n) is 5.69. The van der Waals surface area contributed by atoms with Gasteiger partial charge in [-0.1, -0.05) is 0 Å². The lowest BCUT2D eigenvalue weighted by molar-refractivity contribution is 0.0816. The van der Waals surface area contributed by atoms with Crippen molar-refractivity contribution in [1.29, 1.82) is 0 Å². The number of methoxy groups -OCH3 is 10. The van der Waals surface area contributed by atoms with E-state index in [0.717, 1.165) is 11.1 Å². The van der Waals surface area contributed by atoms with E-state index in [4.69, 9.17) is 47.4 Å². The molecule has 0 aliphatic rings. The number of rotatable bonds is 17. The lowest BCUT2D eigenvalue weighted by Crippen LogP contribution is -2.17. The Kier molecular flexibility index (Phi) is 12.3. The first kappa shape index (κ1) is 37.0. The Bertz CT molecular complexity index is 1810. The molecule has 0 aromatic heterocycles. The summed E-state index contributed by atoms with van der Waals surface area (Å²) in [5.74, 6) is 2.16. The second kappa shape index (κ2) is 16.6. The molecule has 0 amide bonds. The van der Waals surface area contributed by atoms with Crippen LogP contribution in [0.25, 0.3) is 11.1 Å². The van der Waals surface area contributed by atoms with Gasteiger partial charge in [-0.05, 0) is 83.6 Å². The molecular weight excluding hydrogens is 648 g/mol. The predicted molar refractivity (Wildman–Crippen MR) is 186 cm³/mol. The van der Waals surface area contributed by atoms with Crippen molar-refractivity contribution in [3.63, 3.8) is 0 Å². The van der Waals surface area contributed by atoms with Crippen LogP contribution >= 0.6 is 0 Å². The minimum atomic E-state index is -0.808. The van der Waals surface area contributed by atoms with E-state index in [1.807, 2.05) is 18.2 Å². The highest BCUT2D eigenvalue weighted by atomic mass is 16.5. The van der Waals surface area contributed by atoms with E-state index in [9.17, 15) is 9.59 Å². The molecular formula is C38H42O12. The molecule has 0 unspecified atom stereocenters. The van der Waals surface area contributed by atoms with Gasteiger partial charge in [-0.2, -0.15) is 0 Å². The first-order chi connectivity index (χ1) is 24.2. The van der Waals surface area contributed by atoms with E-state index < -0.39 is 11.6 Å². The Balaban J connectivity index is 1.92. The highest BCUT2D eigenvalue weighted by molar-refractivity contribution is 6.50. The fraction of sp³-hybridized carbons (Fsp3) is 0.316. The van der Waals surface area contributed by atoms with Crippen LogP contribution in [0.3, 0.4) is 0 Å². The van der Waals surface area contributed by atoms with Crippen molar-refractivity contribution >= 4 is 11.6 Å². The van der Waals surface area contributed by atoms with Gasteiger partial charge in [0, 0.05) is 11.1 Å². The lowest BCUT2D eigenvalue weighted by Gasteiger charge is -2.20. The first-order valence-corrected chi connectivity index (χ1v) is 15.4. The lowest BCUT2D eigenvalue weighted by atomic mass is 9.88. The number of ketones is 2. The summed E-state index contributed by atoms with van der Waals surface area (Å²) < 4.78 is 55.4. The maximum atomic E-state index is 14.3. The third kappa shape index (κ3) is 7.29. The molecule has 266 valence electrons. The topological polar surface area (TPSA) is 126 Å². The average molecular weight is 691 g/mol. The minimum Gasteiger partial charge on any atom is -0.493 e. The van der Waals surface area contributed by atoms with Gasteiger partial charge in [0.15, 0.2) is 46.0 Å². The van der Waals surface area contributed by atoms with Crippen molar-refractivity contribution in [1.82, 2.24) is 0 Å². The zero-order chi connectivity index (χ0) is 36.5. The number of carbonyl (C=O) groups excluding carboxylic acids is 2. The molecule has 12 heteroatoms. The van der Waals surface area contributed by atoms with Crippen LogP contribution in [0.5, 0.6) is 57.5 Å². The van der Waals surface area contributed by atoms with Crippen molar-refractivity contribution < 1.29 is 57.0 Å². The van der Waals surface area contributed by atoms with Crippen LogP contribution in [-0.4, -0.2) is 82.7 Å². The SMILES string of the molecule is COc1cc(CCc2cc(OC)c(OC)c(OC)c2)c(-c2cc(OC)c(OC)cc2C(=O)C(=O)c2cc(OC)c(OC)c(OC)c2)cc1OC. The molecule has 12 nitrogen and oxygen atoms in total. The molecule has 0 atom stereocenters. The van der Waals surface area contributed by atoms with Crippen LogP contribution in [-0.2, 0) is 12.8 Å². The van der Waals surface area contributed by atoms with E-state index in [1.54, 1.807) is 40.6 Å². The number of carbonyl (C=O) groups is 2. The predicted octanol–water partition coefficient (Wildman–Crippen LogP) is 6.29. The molecule has 0 heterocycles. The van der Waals surface area contributed by atoms with E-state index >= 15 is 0 Å². The zero-order valence-electron chi connectivity index (χ0n) is 29.9.